The molecule has 0 aliphatic heterocycles. The molecule has 0 aromatic rings. The summed E-state index contributed by atoms with van der Waals surface area (Å²) >= 11 is 0. The summed E-state index contributed by atoms with van der Waals surface area (Å²) < 4.78 is 5.04. The number of hydrogen-bond donors (Lipinski definition) is 0. The van der Waals surface area contributed by atoms with E-state index in [-0.39, 0.29) is 5.97 Å². The molecule has 1 saturated carbocycles. The fourth-order valence-electron chi connectivity index (χ4n) is 2.26. The molecule has 0 spiro atoms. The van der Waals surface area contributed by atoms with Crippen molar-refractivity contribution in [3.8, 4) is 0 Å². The fourth-order valence-corrected chi connectivity index (χ4v) is 2.26. The first-order chi connectivity index (χ1) is 6.59. The van der Waals surface area contributed by atoms with Gasteiger partial charge in [-0.25, -0.2) is 0 Å². The van der Waals surface area contributed by atoms with Crippen molar-refractivity contribution < 1.29 is 9.53 Å². The summed E-state index contributed by atoms with van der Waals surface area (Å²) in [6.07, 6.45) is 5.08. The van der Waals surface area contributed by atoms with E-state index in [9.17, 15) is 4.79 Å². The monoisotopic (exact) mass is 198 g/mol. The molecule has 0 bridgehead atoms. The van der Waals surface area contributed by atoms with Gasteiger partial charge in [-0.2, -0.15) is 0 Å². The van der Waals surface area contributed by atoms with Gasteiger partial charge in [0.25, 0.3) is 0 Å². The summed E-state index contributed by atoms with van der Waals surface area (Å²) in [4.78, 5) is 10.6. The molecular formula is C12H22O2. The highest BCUT2D eigenvalue weighted by atomic mass is 16.5. The Balaban J connectivity index is 2.19. The molecule has 0 heterocycles. The van der Waals surface area contributed by atoms with Gasteiger partial charge in [0.15, 0.2) is 0 Å². The molecule has 0 saturated heterocycles. The lowest BCUT2D eigenvalue weighted by molar-refractivity contribution is -0.142. The molecule has 1 aliphatic rings. The van der Waals surface area contributed by atoms with E-state index >= 15 is 0 Å². The van der Waals surface area contributed by atoms with Crippen molar-refractivity contribution in [3.05, 3.63) is 0 Å². The second kappa shape index (κ2) is 5.38. The van der Waals surface area contributed by atoms with Crippen LogP contribution in [-0.4, -0.2) is 12.6 Å². The Morgan fingerprint density at radius 2 is 1.86 bits per heavy atom. The Bertz CT molecular complexity index is 179. The van der Waals surface area contributed by atoms with E-state index in [4.69, 9.17) is 4.74 Å². The molecule has 0 unspecified atom stereocenters. The zero-order valence-corrected chi connectivity index (χ0v) is 9.58. The average molecular weight is 198 g/mol. The third-order valence-corrected chi connectivity index (χ3v) is 3.36. The minimum atomic E-state index is -0.143. The number of carbonyl (C=O) groups excluding carboxylic acids is 1. The second-order valence-electron chi connectivity index (χ2n) is 4.83. The predicted molar refractivity (Wildman–Crippen MR) is 56.9 cm³/mol. The molecule has 2 nitrogen and oxygen atoms in total. The Morgan fingerprint density at radius 3 is 2.29 bits per heavy atom. The normalized spacial score (nSPS) is 27.7. The van der Waals surface area contributed by atoms with Gasteiger partial charge < -0.3 is 4.74 Å². The van der Waals surface area contributed by atoms with E-state index < -0.39 is 0 Å². The zero-order chi connectivity index (χ0) is 10.6. The van der Waals surface area contributed by atoms with Gasteiger partial charge in [-0.05, 0) is 43.4 Å². The van der Waals surface area contributed by atoms with Crippen LogP contribution in [0.25, 0.3) is 0 Å². The molecule has 0 N–H and O–H groups in total. The highest BCUT2D eigenvalue weighted by Crippen LogP contribution is 2.33. The minimum Gasteiger partial charge on any atom is -0.466 e. The van der Waals surface area contributed by atoms with Crippen molar-refractivity contribution in [2.24, 2.45) is 17.8 Å². The lowest BCUT2D eigenvalue weighted by Gasteiger charge is -2.30. The quantitative estimate of drug-likeness (QED) is 0.652. The highest BCUT2D eigenvalue weighted by Gasteiger charge is 2.23. The molecule has 1 aliphatic carbocycles. The van der Waals surface area contributed by atoms with Gasteiger partial charge in [-0.15, -0.1) is 0 Å². The van der Waals surface area contributed by atoms with Crippen LogP contribution in [0, 0.1) is 17.8 Å². The van der Waals surface area contributed by atoms with Gasteiger partial charge >= 0.3 is 5.97 Å². The summed E-state index contributed by atoms with van der Waals surface area (Å²) in [5.74, 6) is 2.18. The Hall–Kier alpha value is -0.530. The van der Waals surface area contributed by atoms with Crippen LogP contribution in [0.3, 0.4) is 0 Å². The van der Waals surface area contributed by atoms with Gasteiger partial charge in [0.1, 0.15) is 0 Å². The van der Waals surface area contributed by atoms with E-state index in [0.29, 0.717) is 12.5 Å². The van der Waals surface area contributed by atoms with Crippen LogP contribution in [0.1, 0.15) is 46.5 Å². The first kappa shape index (κ1) is 11.5. The molecule has 0 amide bonds. The standard InChI is InChI=1S/C12H22O2/c1-9(2)12-6-4-11(5-7-12)8-14-10(3)13/h9,11-12H,4-8H2,1-3H3/t11-,12-. The largest absolute Gasteiger partial charge is 0.466 e. The molecular weight excluding hydrogens is 176 g/mol. The Morgan fingerprint density at radius 1 is 1.29 bits per heavy atom. The summed E-state index contributed by atoms with van der Waals surface area (Å²) in [5.41, 5.74) is 0. The number of carbonyl (C=O) groups is 1. The van der Waals surface area contributed by atoms with Crippen molar-refractivity contribution in [2.45, 2.75) is 46.5 Å². The minimum absolute atomic E-state index is 0.143. The summed E-state index contributed by atoms with van der Waals surface area (Å²) in [6.45, 7) is 6.73. The molecule has 1 rings (SSSR count). The van der Waals surface area contributed by atoms with Crippen LogP contribution in [0.4, 0.5) is 0 Å². The van der Waals surface area contributed by atoms with Gasteiger partial charge in [-0.1, -0.05) is 13.8 Å². The summed E-state index contributed by atoms with van der Waals surface area (Å²) in [5, 5.41) is 0. The van der Waals surface area contributed by atoms with Gasteiger partial charge in [0.05, 0.1) is 6.61 Å². The van der Waals surface area contributed by atoms with Gasteiger partial charge in [0, 0.05) is 6.92 Å². The number of esters is 1. The van der Waals surface area contributed by atoms with E-state index in [1.54, 1.807) is 0 Å². The fraction of sp³-hybridized carbons (Fsp3) is 0.917. The Labute approximate surface area is 87.0 Å². The molecule has 1 fully saturated rings. The molecule has 0 aromatic heterocycles. The average Bonchev–Trinajstić information content (AvgIpc) is 2.15. The van der Waals surface area contributed by atoms with Crippen LogP contribution in [-0.2, 0) is 9.53 Å². The van der Waals surface area contributed by atoms with E-state index in [1.807, 2.05) is 0 Å². The number of ether oxygens (including phenoxy) is 1. The van der Waals surface area contributed by atoms with Crippen LogP contribution >= 0.6 is 0 Å². The maximum absolute atomic E-state index is 10.6. The maximum atomic E-state index is 10.6. The third kappa shape index (κ3) is 3.69. The second-order valence-corrected chi connectivity index (χ2v) is 4.83. The number of rotatable bonds is 3. The highest BCUT2D eigenvalue weighted by molar-refractivity contribution is 5.65. The van der Waals surface area contributed by atoms with E-state index in [1.165, 1.54) is 32.6 Å². The Kier molecular flexibility index (Phi) is 4.43. The molecule has 0 atom stereocenters. The van der Waals surface area contributed by atoms with Crippen LogP contribution in [0.2, 0.25) is 0 Å². The summed E-state index contributed by atoms with van der Waals surface area (Å²) in [7, 11) is 0. The summed E-state index contributed by atoms with van der Waals surface area (Å²) in [6, 6.07) is 0. The van der Waals surface area contributed by atoms with Crippen molar-refractivity contribution >= 4 is 5.97 Å². The molecule has 2 heteroatoms. The molecule has 82 valence electrons. The molecule has 0 aromatic carbocycles. The van der Waals surface area contributed by atoms with E-state index in [0.717, 1.165) is 11.8 Å². The van der Waals surface area contributed by atoms with Gasteiger partial charge in [-0.3, -0.25) is 4.79 Å². The number of hydrogen-bond acceptors (Lipinski definition) is 2. The topological polar surface area (TPSA) is 26.3 Å². The first-order valence-corrected chi connectivity index (χ1v) is 5.73. The van der Waals surface area contributed by atoms with Crippen molar-refractivity contribution in [2.75, 3.05) is 6.61 Å². The van der Waals surface area contributed by atoms with Crippen LogP contribution in [0.5, 0.6) is 0 Å². The van der Waals surface area contributed by atoms with Crippen molar-refractivity contribution in [1.82, 2.24) is 0 Å². The first-order valence-electron chi connectivity index (χ1n) is 5.73. The van der Waals surface area contributed by atoms with E-state index in [2.05, 4.69) is 13.8 Å². The lowest BCUT2D eigenvalue weighted by Crippen LogP contribution is -2.22. The predicted octanol–water partition coefficient (Wildman–Crippen LogP) is 3.01. The van der Waals surface area contributed by atoms with Crippen LogP contribution in [0.15, 0.2) is 0 Å². The van der Waals surface area contributed by atoms with Crippen LogP contribution < -0.4 is 0 Å². The molecule has 0 radical (unpaired) electrons. The zero-order valence-electron chi connectivity index (χ0n) is 9.58. The smallest absolute Gasteiger partial charge is 0.302 e. The maximum Gasteiger partial charge on any atom is 0.302 e. The lowest BCUT2D eigenvalue weighted by atomic mass is 9.77. The molecule has 14 heavy (non-hydrogen) atoms. The SMILES string of the molecule is CC(=O)OC[C@H]1CC[C@H](C(C)C)CC1. The van der Waals surface area contributed by atoms with Crippen molar-refractivity contribution in [3.63, 3.8) is 0 Å². The van der Waals surface area contributed by atoms with Gasteiger partial charge in [0.2, 0.25) is 0 Å². The third-order valence-electron chi connectivity index (χ3n) is 3.36. The van der Waals surface area contributed by atoms with Crippen molar-refractivity contribution in [1.29, 1.82) is 0 Å².